The average Bonchev–Trinajstić information content (AvgIpc) is 3.00. The molecule has 244 valence electrons. The van der Waals surface area contributed by atoms with Crippen molar-refractivity contribution in [2.45, 2.75) is 63.2 Å². The van der Waals surface area contributed by atoms with Crippen LogP contribution in [0.3, 0.4) is 0 Å². The standard InChI is InChI=1S/C33H39Cl2F2N3O4S/c1-3-45(42,43)31-12-11-26(34)16-25(31)19-39-32(41)24-17-29(33(2,36)37)28(30(35)18-24)21-40-14-7-10-27(20-40)38-13-15-44-22-23-8-5-4-6-9-23/h4-6,8-9,11-12,16-18,27,38H,3,7,10,13-15,19-22H2,1-2H3,(H,39,41)/t27-/m0/s1. The van der Waals surface area contributed by atoms with Crippen LogP contribution in [0.5, 0.6) is 0 Å². The minimum absolute atomic E-state index is 0.0455. The summed E-state index contributed by atoms with van der Waals surface area (Å²) in [4.78, 5) is 15.3. The van der Waals surface area contributed by atoms with Crippen molar-refractivity contribution in [3.8, 4) is 0 Å². The van der Waals surface area contributed by atoms with Crippen molar-refractivity contribution in [1.82, 2.24) is 15.5 Å². The van der Waals surface area contributed by atoms with Gasteiger partial charge in [0.25, 0.3) is 11.8 Å². The summed E-state index contributed by atoms with van der Waals surface area (Å²) in [6.45, 7) is 5.53. The number of nitrogens with one attached hydrogen (secondary N) is 2. The van der Waals surface area contributed by atoms with Crippen LogP contribution in [0, 0.1) is 0 Å². The van der Waals surface area contributed by atoms with Crippen molar-refractivity contribution in [2.75, 3.05) is 32.0 Å². The lowest BCUT2D eigenvalue weighted by molar-refractivity contribution is 0.0155. The fraction of sp³-hybridized carbons (Fsp3) is 0.424. The van der Waals surface area contributed by atoms with E-state index in [1.807, 2.05) is 30.3 Å². The van der Waals surface area contributed by atoms with Gasteiger partial charge in [-0.2, -0.15) is 0 Å². The van der Waals surface area contributed by atoms with Crippen molar-refractivity contribution < 1.29 is 26.7 Å². The van der Waals surface area contributed by atoms with Crippen LogP contribution in [-0.4, -0.2) is 57.3 Å². The van der Waals surface area contributed by atoms with Gasteiger partial charge in [-0.25, -0.2) is 17.2 Å². The molecular formula is C33H39Cl2F2N3O4S. The molecule has 1 amide bonds. The molecular weight excluding hydrogens is 643 g/mol. The molecule has 0 bridgehead atoms. The molecule has 1 aliphatic heterocycles. The summed E-state index contributed by atoms with van der Waals surface area (Å²) in [5, 5.41) is 6.52. The third-order valence-corrected chi connectivity index (χ3v) is 10.2. The molecule has 1 fully saturated rings. The molecule has 1 heterocycles. The van der Waals surface area contributed by atoms with Crippen molar-refractivity contribution in [3.63, 3.8) is 0 Å². The number of ether oxygens (including phenoxy) is 1. The van der Waals surface area contributed by atoms with E-state index in [1.165, 1.54) is 37.3 Å². The van der Waals surface area contributed by atoms with Gasteiger partial charge in [-0.05, 0) is 66.4 Å². The van der Waals surface area contributed by atoms with E-state index in [-0.39, 0.29) is 51.5 Å². The molecule has 3 aromatic carbocycles. The van der Waals surface area contributed by atoms with E-state index in [0.717, 1.165) is 31.9 Å². The van der Waals surface area contributed by atoms with Gasteiger partial charge >= 0.3 is 0 Å². The summed E-state index contributed by atoms with van der Waals surface area (Å²) >= 11 is 12.7. The molecule has 12 heteroatoms. The van der Waals surface area contributed by atoms with Gasteiger partial charge in [0.05, 0.1) is 23.9 Å². The first-order valence-electron chi connectivity index (χ1n) is 14.9. The van der Waals surface area contributed by atoms with E-state index in [4.69, 9.17) is 27.9 Å². The topological polar surface area (TPSA) is 87.7 Å². The van der Waals surface area contributed by atoms with Gasteiger partial charge in [-0.1, -0.05) is 60.5 Å². The number of hydrogen-bond donors (Lipinski definition) is 2. The molecule has 45 heavy (non-hydrogen) atoms. The van der Waals surface area contributed by atoms with E-state index in [1.54, 1.807) is 0 Å². The fourth-order valence-electron chi connectivity index (χ4n) is 5.43. The summed E-state index contributed by atoms with van der Waals surface area (Å²) in [5.74, 6) is -4.04. The highest BCUT2D eigenvalue weighted by Gasteiger charge is 2.32. The number of benzene rings is 3. The third-order valence-electron chi connectivity index (χ3n) is 7.79. The molecule has 1 aliphatic rings. The Morgan fingerprint density at radius 3 is 2.58 bits per heavy atom. The maximum atomic E-state index is 14.9. The van der Waals surface area contributed by atoms with Crippen LogP contribution in [0.1, 0.15) is 59.3 Å². The van der Waals surface area contributed by atoms with Gasteiger partial charge in [0.1, 0.15) is 0 Å². The van der Waals surface area contributed by atoms with Crippen LogP contribution >= 0.6 is 23.2 Å². The molecule has 1 saturated heterocycles. The van der Waals surface area contributed by atoms with Gasteiger partial charge in [0.15, 0.2) is 9.84 Å². The van der Waals surface area contributed by atoms with E-state index in [2.05, 4.69) is 15.5 Å². The van der Waals surface area contributed by atoms with Crippen molar-refractivity contribution in [3.05, 3.63) is 98.5 Å². The SMILES string of the molecule is CCS(=O)(=O)c1ccc(Cl)cc1CNC(=O)c1cc(Cl)c(CN2CCC[C@H](NCCOCc3ccccc3)C2)c(C(C)(F)F)c1. The van der Waals surface area contributed by atoms with Gasteiger partial charge in [-0.3, -0.25) is 9.69 Å². The second-order valence-electron chi connectivity index (χ2n) is 11.3. The lowest BCUT2D eigenvalue weighted by atomic mass is 9.97. The number of carbonyl (C=O) groups excluding carboxylic acids is 1. The quantitative estimate of drug-likeness (QED) is 0.187. The minimum atomic E-state index is -3.58. The summed E-state index contributed by atoms with van der Waals surface area (Å²) in [5.41, 5.74) is 1.33. The van der Waals surface area contributed by atoms with Gasteiger partial charge in [0, 0.05) is 60.3 Å². The van der Waals surface area contributed by atoms with E-state index >= 15 is 0 Å². The zero-order valence-corrected chi connectivity index (χ0v) is 27.8. The Hall–Kier alpha value is -2.60. The Bertz CT molecular complexity index is 1570. The zero-order valence-electron chi connectivity index (χ0n) is 25.4. The Balaban J connectivity index is 1.40. The zero-order chi connectivity index (χ0) is 32.6. The second kappa shape index (κ2) is 15.8. The number of piperidine rings is 1. The number of alkyl halides is 2. The normalized spacial score (nSPS) is 16.1. The van der Waals surface area contributed by atoms with Crippen LogP contribution in [-0.2, 0) is 40.2 Å². The number of nitrogens with zero attached hydrogens (tertiary/aromatic N) is 1. The lowest BCUT2D eigenvalue weighted by Crippen LogP contribution is -2.46. The summed E-state index contributed by atoms with van der Waals surface area (Å²) < 4.78 is 60.7. The molecule has 7 nitrogen and oxygen atoms in total. The monoisotopic (exact) mass is 681 g/mol. The largest absolute Gasteiger partial charge is 0.375 e. The van der Waals surface area contributed by atoms with E-state index < -0.39 is 21.7 Å². The number of rotatable bonds is 14. The van der Waals surface area contributed by atoms with Gasteiger partial charge in [-0.15, -0.1) is 0 Å². The van der Waals surface area contributed by atoms with E-state index in [0.29, 0.717) is 36.9 Å². The molecule has 0 unspecified atom stereocenters. The molecule has 0 aliphatic carbocycles. The smallest absolute Gasteiger partial charge is 0.270 e. The van der Waals surface area contributed by atoms with Crippen LogP contribution in [0.25, 0.3) is 0 Å². The number of sulfone groups is 1. The summed E-state index contributed by atoms with van der Waals surface area (Å²) in [7, 11) is -3.58. The van der Waals surface area contributed by atoms with Crippen LogP contribution in [0.4, 0.5) is 8.78 Å². The third kappa shape index (κ3) is 9.94. The van der Waals surface area contributed by atoms with Crippen molar-refractivity contribution in [1.29, 1.82) is 0 Å². The number of likely N-dealkylation sites (tertiary alicyclic amines) is 1. The predicted octanol–water partition coefficient (Wildman–Crippen LogP) is 6.60. The van der Waals surface area contributed by atoms with Crippen molar-refractivity contribution in [2.24, 2.45) is 0 Å². The maximum absolute atomic E-state index is 14.9. The molecule has 3 aromatic rings. The Labute approximate surface area is 274 Å². The fourth-order valence-corrected chi connectivity index (χ4v) is 7.02. The highest BCUT2D eigenvalue weighted by molar-refractivity contribution is 7.91. The van der Waals surface area contributed by atoms with Crippen LogP contribution < -0.4 is 10.6 Å². The van der Waals surface area contributed by atoms with Gasteiger partial charge in [0.2, 0.25) is 0 Å². The molecule has 0 radical (unpaired) electrons. The predicted molar refractivity (Wildman–Crippen MR) is 174 cm³/mol. The number of halogens is 4. The van der Waals surface area contributed by atoms with Crippen molar-refractivity contribution >= 4 is 38.9 Å². The molecule has 0 spiro atoms. The summed E-state index contributed by atoms with van der Waals surface area (Å²) in [6.07, 6.45) is 1.87. The maximum Gasteiger partial charge on any atom is 0.270 e. The molecule has 1 atom stereocenters. The Kier molecular flexibility index (Phi) is 12.4. The van der Waals surface area contributed by atoms with Gasteiger partial charge < -0.3 is 15.4 Å². The lowest BCUT2D eigenvalue weighted by Gasteiger charge is -2.34. The highest BCUT2D eigenvalue weighted by atomic mass is 35.5. The Morgan fingerprint density at radius 2 is 1.87 bits per heavy atom. The molecule has 4 rings (SSSR count). The number of hydrogen-bond acceptors (Lipinski definition) is 6. The average molecular weight is 683 g/mol. The van der Waals surface area contributed by atoms with Crippen LogP contribution in [0.15, 0.2) is 65.6 Å². The van der Waals surface area contributed by atoms with E-state index in [9.17, 15) is 22.0 Å². The van der Waals surface area contributed by atoms with Crippen LogP contribution in [0.2, 0.25) is 10.0 Å². The molecule has 0 saturated carbocycles. The second-order valence-corrected chi connectivity index (χ2v) is 14.4. The number of carbonyl (C=O) groups is 1. The summed E-state index contributed by atoms with van der Waals surface area (Å²) in [6, 6.07) is 17.0. The Morgan fingerprint density at radius 1 is 1.11 bits per heavy atom. The highest BCUT2D eigenvalue weighted by Crippen LogP contribution is 2.36. The molecule has 0 aromatic heterocycles. The first-order valence-corrected chi connectivity index (χ1v) is 17.4. The molecule has 2 N–H and O–H groups in total. The first-order chi connectivity index (χ1) is 21.4. The minimum Gasteiger partial charge on any atom is -0.375 e. The number of amides is 1. The first kappa shape index (κ1) is 35.3.